The first-order valence-corrected chi connectivity index (χ1v) is 5.68. The van der Waals surface area contributed by atoms with Crippen LogP contribution in [0.5, 0.6) is 0 Å². The van der Waals surface area contributed by atoms with Crippen LogP contribution < -0.4 is 5.32 Å². The third-order valence-corrected chi connectivity index (χ3v) is 3.26. The Kier molecular flexibility index (Phi) is 3.39. The minimum atomic E-state index is 0.482. The van der Waals surface area contributed by atoms with Gasteiger partial charge in [-0.1, -0.05) is 27.7 Å². The molecule has 0 aromatic rings. The molecule has 0 spiro atoms. The third kappa shape index (κ3) is 4.12. The quantitative estimate of drug-likeness (QED) is 0.645. The molecule has 0 aliphatic heterocycles. The molecule has 0 saturated heterocycles. The van der Waals surface area contributed by atoms with Gasteiger partial charge in [0.2, 0.25) is 0 Å². The van der Waals surface area contributed by atoms with Gasteiger partial charge in [0.1, 0.15) is 0 Å². The standard InChI is InChI=1S/C12H25N/c1-5-12(6-7-12)10-13-9-8-11(2,3)4/h13H,5-10H2,1-4H3. The molecule has 78 valence electrons. The van der Waals surface area contributed by atoms with Crippen molar-refractivity contribution in [3.8, 4) is 0 Å². The van der Waals surface area contributed by atoms with E-state index in [4.69, 9.17) is 0 Å². The minimum absolute atomic E-state index is 0.482. The van der Waals surface area contributed by atoms with Crippen LogP contribution in [-0.2, 0) is 0 Å². The lowest BCUT2D eigenvalue weighted by molar-refractivity contribution is 0.351. The molecular formula is C12H25N. The number of rotatable bonds is 5. The van der Waals surface area contributed by atoms with Gasteiger partial charge in [0.05, 0.1) is 0 Å². The van der Waals surface area contributed by atoms with E-state index in [-0.39, 0.29) is 0 Å². The predicted molar refractivity (Wildman–Crippen MR) is 58.9 cm³/mol. The number of nitrogens with one attached hydrogen (secondary N) is 1. The first kappa shape index (κ1) is 11.0. The largest absolute Gasteiger partial charge is 0.316 e. The van der Waals surface area contributed by atoms with Crippen LogP contribution in [0.25, 0.3) is 0 Å². The number of hydrogen-bond donors (Lipinski definition) is 1. The average Bonchev–Trinajstić information content (AvgIpc) is 2.78. The Morgan fingerprint density at radius 1 is 1.23 bits per heavy atom. The summed E-state index contributed by atoms with van der Waals surface area (Å²) in [6.45, 7) is 11.7. The fourth-order valence-electron chi connectivity index (χ4n) is 1.65. The average molecular weight is 183 g/mol. The minimum Gasteiger partial charge on any atom is -0.316 e. The van der Waals surface area contributed by atoms with Gasteiger partial charge in [-0.2, -0.15) is 0 Å². The van der Waals surface area contributed by atoms with Gasteiger partial charge < -0.3 is 5.32 Å². The van der Waals surface area contributed by atoms with Crippen LogP contribution in [0.2, 0.25) is 0 Å². The van der Waals surface area contributed by atoms with Crippen molar-refractivity contribution < 1.29 is 0 Å². The summed E-state index contributed by atoms with van der Waals surface area (Å²) >= 11 is 0. The fourth-order valence-corrected chi connectivity index (χ4v) is 1.65. The molecule has 1 N–H and O–H groups in total. The van der Waals surface area contributed by atoms with Crippen molar-refractivity contribution in [2.24, 2.45) is 10.8 Å². The smallest absolute Gasteiger partial charge is 0.000771 e. The Morgan fingerprint density at radius 2 is 1.85 bits per heavy atom. The number of hydrogen-bond acceptors (Lipinski definition) is 1. The molecule has 0 amide bonds. The Labute approximate surface area is 83.3 Å². The van der Waals surface area contributed by atoms with Gasteiger partial charge in [-0.05, 0) is 43.1 Å². The monoisotopic (exact) mass is 183 g/mol. The van der Waals surface area contributed by atoms with Gasteiger partial charge in [0.25, 0.3) is 0 Å². The second-order valence-electron chi connectivity index (χ2n) is 5.84. The van der Waals surface area contributed by atoms with Gasteiger partial charge in [0.15, 0.2) is 0 Å². The van der Waals surface area contributed by atoms with E-state index in [0.29, 0.717) is 10.8 Å². The summed E-state index contributed by atoms with van der Waals surface area (Å²) < 4.78 is 0. The van der Waals surface area contributed by atoms with Gasteiger partial charge >= 0.3 is 0 Å². The van der Waals surface area contributed by atoms with E-state index >= 15 is 0 Å². The van der Waals surface area contributed by atoms with Crippen molar-refractivity contribution in [1.82, 2.24) is 5.32 Å². The normalized spacial score (nSPS) is 20.3. The highest BCUT2D eigenvalue weighted by atomic mass is 14.9. The second-order valence-corrected chi connectivity index (χ2v) is 5.84. The van der Waals surface area contributed by atoms with Crippen molar-refractivity contribution in [2.75, 3.05) is 13.1 Å². The zero-order valence-corrected chi connectivity index (χ0v) is 9.74. The van der Waals surface area contributed by atoms with E-state index in [1.54, 1.807) is 0 Å². The lowest BCUT2D eigenvalue weighted by Crippen LogP contribution is -2.27. The van der Waals surface area contributed by atoms with Crippen LogP contribution in [0, 0.1) is 10.8 Å². The summed E-state index contributed by atoms with van der Waals surface area (Å²) in [5, 5.41) is 3.60. The fraction of sp³-hybridized carbons (Fsp3) is 1.00. The Bertz CT molecular complexity index is 151. The van der Waals surface area contributed by atoms with Crippen molar-refractivity contribution in [3.63, 3.8) is 0 Å². The molecule has 1 aliphatic rings. The van der Waals surface area contributed by atoms with Crippen LogP contribution in [-0.4, -0.2) is 13.1 Å². The van der Waals surface area contributed by atoms with Crippen molar-refractivity contribution >= 4 is 0 Å². The van der Waals surface area contributed by atoms with E-state index < -0.39 is 0 Å². The topological polar surface area (TPSA) is 12.0 Å². The summed E-state index contributed by atoms with van der Waals surface area (Å²) in [6, 6.07) is 0. The molecule has 1 rings (SSSR count). The third-order valence-electron chi connectivity index (χ3n) is 3.26. The van der Waals surface area contributed by atoms with E-state index in [1.807, 2.05) is 0 Å². The molecule has 0 radical (unpaired) electrons. The summed E-state index contributed by atoms with van der Waals surface area (Å²) in [7, 11) is 0. The zero-order valence-electron chi connectivity index (χ0n) is 9.74. The van der Waals surface area contributed by atoms with Gasteiger partial charge in [0, 0.05) is 6.54 Å². The molecule has 1 nitrogen and oxygen atoms in total. The van der Waals surface area contributed by atoms with Crippen LogP contribution in [0.3, 0.4) is 0 Å². The lowest BCUT2D eigenvalue weighted by Gasteiger charge is -2.20. The van der Waals surface area contributed by atoms with Crippen molar-refractivity contribution in [3.05, 3.63) is 0 Å². The Balaban J connectivity index is 2.02. The van der Waals surface area contributed by atoms with E-state index in [2.05, 4.69) is 33.0 Å². The maximum Gasteiger partial charge on any atom is 0.000771 e. The second kappa shape index (κ2) is 4.00. The highest BCUT2D eigenvalue weighted by Gasteiger charge is 2.39. The molecule has 1 fully saturated rings. The summed E-state index contributed by atoms with van der Waals surface area (Å²) in [5.41, 5.74) is 1.19. The molecule has 0 bridgehead atoms. The first-order valence-electron chi connectivity index (χ1n) is 5.68. The van der Waals surface area contributed by atoms with Gasteiger partial charge in [-0.15, -0.1) is 0 Å². The molecule has 0 heterocycles. The Hall–Kier alpha value is -0.0400. The molecule has 0 atom stereocenters. The Morgan fingerprint density at radius 3 is 2.23 bits per heavy atom. The van der Waals surface area contributed by atoms with Crippen LogP contribution in [0.1, 0.15) is 53.4 Å². The van der Waals surface area contributed by atoms with Crippen molar-refractivity contribution in [2.45, 2.75) is 53.4 Å². The molecule has 0 aromatic heterocycles. The molecule has 13 heavy (non-hydrogen) atoms. The zero-order chi connectivity index (χ0) is 9.95. The molecule has 1 aliphatic carbocycles. The van der Waals surface area contributed by atoms with E-state index in [9.17, 15) is 0 Å². The summed E-state index contributed by atoms with van der Waals surface area (Å²) in [5.74, 6) is 0. The summed E-state index contributed by atoms with van der Waals surface area (Å²) in [6.07, 6.45) is 5.54. The highest BCUT2D eigenvalue weighted by Crippen LogP contribution is 2.47. The van der Waals surface area contributed by atoms with Gasteiger partial charge in [-0.3, -0.25) is 0 Å². The molecule has 1 heteroatoms. The maximum atomic E-state index is 3.60. The van der Waals surface area contributed by atoms with Crippen LogP contribution >= 0.6 is 0 Å². The molecule has 0 aromatic carbocycles. The lowest BCUT2D eigenvalue weighted by atomic mass is 9.92. The van der Waals surface area contributed by atoms with Crippen LogP contribution in [0.4, 0.5) is 0 Å². The SMILES string of the molecule is CCC1(CNCCC(C)(C)C)CC1. The first-order chi connectivity index (χ1) is 5.97. The van der Waals surface area contributed by atoms with Crippen molar-refractivity contribution in [1.29, 1.82) is 0 Å². The van der Waals surface area contributed by atoms with E-state index in [1.165, 1.54) is 38.8 Å². The molecular weight excluding hydrogens is 158 g/mol. The molecule has 1 saturated carbocycles. The van der Waals surface area contributed by atoms with Gasteiger partial charge in [-0.25, -0.2) is 0 Å². The predicted octanol–water partition coefficient (Wildman–Crippen LogP) is 3.20. The summed E-state index contributed by atoms with van der Waals surface area (Å²) in [4.78, 5) is 0. The highest BCUT2D eigenvalue weighted by molar-refractivity contribution is 4.93. The van der Waals surface area contributed by atoms with Crippen LogP contribution in [0.15, 0.2) is 0 Å². The molecule has 0 unspecified atom stereocenters. The van der Waals surface area contributed by atoms with E-state index in [0.717, 1.165) is 0 Å². The maximum absolute atomic E-state index is 3.60.